The Kier molecular flexibility index (Phi) is 3.78. The summed E-state index contributed by atoms with van der Waals surface area (Å²) in [5.41, 5.74) is -0.577. The van der Waals surface area contributed by atoms with E-state index in [1.165, 1.54) is 12.1 Å². The zero-order valence-corrected chi connectivity index (χ0v) is 9.27. The highest BCUT2D eigenvalue weighted by Crippen LogP contribution is 2.15. The van der Waals surface area contributed by atoms with Crippen LogP contribution in [0.3, 0.4) is 0 Å². The molecule has 1 unspecified atom stereocenters. The number of hydrogen-bond donors (Lipinski definition) is 3. The van der Waals surface area contributed by atoms with Crippen molar-refractivity contribution in [3.63, 3.8) is 0 Å². The first kappa shape index (κ1) is 12.4. The number of carboxylic acids is 1. The van der Waals surface area contributed by atoms with Crippen molar-refractivity contribution in [2.75, 3.05) is 11.9 Å². The molecule has 1 rings (SSSR count). The fraction of sp³-hybridized carbons (Fsp3) is 0.500. The van der Waals surface area contributed by atoms with Crippen molar-refractivity contribution in [1.82, 2.24) is 10.2 Å². The maximum absolute atomic E-state index is 10.5. The van der Waals surface area contributed by atoms with Gasteiger partial charge in [-0.2, -0.15) is 0 Å². The van der Waals surface area contributed by atoms with Gasteiger partial charge in [-0.3, -0.25) is 0 Å². The normalized spacial score (nSPS) is 14.2. The van der Waals surface area contributed by atoms with Crippen LogP contribution < -0.4 is 5.32 Å². The molecule has 1 aromatic rings. The molecule has 0 saturated heterocycles. The van der Waals surface area contributed by atoms with Gasteiger partial charge in [0.25, 0.3) is 0 Å². The maximum atomic E-state index is 10.5. The second-order valence-electron chi connectivity index (χ2n) is 3.81. The van der Waals surface area contributed by atoms with Gasteiger partial charge in [0, 0.05) is 0 Å². The molecule has 0 aliphatic heterocycles. The Morgan fingerprint density at radius 1 is 1.50 bits per heavy atom. The van der Waals surface area contributed by atoms with Gasteiger partial charge in [-0.1, -0.05) is 6.92 Å². The van der Waals surface area contributed by atoms with E-state index >= 15 is 0 Å². The zero-order chi connectivity index (χ0) is 12.2. The fourth-order valence-electron chi connectivity index (χ4n) is 1.06. The maximum Gasteiger partial charge on any atom is 0.356 e. The van der Waals surface area contributed by atoms with Gasteiger partial charge >= 0.3 is 5.97 Å². The number of aliphatic hydroxyl groups excluding tert-OH is 1. The number of nitrogens with zero attached hydrogens (tertiary/aromatic N) is 2. The van der Waals surface area contributed by atoms with Crippen LogP contribution in [0.5, 0.6) is 0 Å². The average molecular weight is 225 g/mol. The van der Waals surface area contributed by atoms with Crippen LogP contribution in [0.25, 0.3) is 0 Å². The quantitative estimate of drug-likeness (QED) is 0.684. The van der Waals surface area contributed by atoms with Gasteiger partial charge in [0.2, 0.25) is 0 Å². The number of carboxylic acid groups (broad SMARTS) is 1. The Morgan fingerprint density at radius 3 is 2.56 bits per heavy atom. The van der Waals surface area contributed by atoms with E-state index < -0.39 is 11.5 Å². The van der Waals surface area contributed by atoms with Gasteiger partial charge in [-0.05, 0) is 25.5 Å². The Labute approximate surface area is 93.3 Å². The molecule has 1 heterocycles. The third-order valence-corrected chi connectivity index (χ3v) is 2.44. The van der Waals surface area contributed by atoms with Gasteiger partial charge < -0.3 is 15.5 Å². The molecular weight excluding hydrogens is 210 g/mol. The predicted octanol–water partition coefficient (Wildman–Crippen LogP) is 0.748. The number of carbonyl (C=O) groups is 1. The van der Waals surface area contributed by atoms with Crippen LogP contribution in [0.2, 0.25) is 0 Å². The Balaban J connectivity index is 2.79. The minimum Gasteiger partial charge on any atom is -0.476 e. The highest BCUT2D eigenvalue weighted by atomic mass is 16.4. The molecular formula is C10H15N3O3. The molecule has 0 spiro atoms. The van der Waals surface area contributed by atoms with Crippen molar-refractivity contribution in [2.24, 2.45) is 0 Å². The molecule has 6 heteroatoms. The summed E-state index contributed by atoms with van der Waals surface area (Å²) in [7, 11) is 0. The van der Waals surface area contributed by atoms with Crippen molar-refractivity contribution < 1.29 is 15.0 Å². The second kappa shape index (κ2) is 4.89. The van der Waals surface area contributed by atoms with Gasteiger partial charge in [0.15, 0.2) is 5.69 Å². The topological polar surface area (TPSA) is 95.3 Å². The molecule has 0 amide bonds. The van der Waals surface area contributed by atoms with Gasteiger partial charge in [0.1, 0.15) is 5.82 Å². The molecule has 0 saturated carbocycles. The number of aromatic nitrogens is 2. The Hall–Kier alpha value is -1.69. The number of anilines is 1. The molecule has 0 radical (unpaired) electrons. The first-order chi connectivity index (χ1) is 7.50. The number of hydrogen-bond acceptors (Lipinski definition) is 5. The molecule has 0 bridgehead atoms. The summed E-state index contributed by atoms with van der Waals surface area (Å²) >= 11 is 0. The SMILES string of the molecule is CCC(C)(CO)Nc1ccc(C(=O)O)nn1. The van der Waals surface area contributed by atoms with Crippen molar-refractivity contribution in [1.29, 1.82) is 0 Å². The van der Waals surface area contributed by atoms with Gasteiger partial charge in [-0.25, -0.2) is 4.79 Å². The van der Waals surface area contributed by atoms with E-state index in [0.717, 1.165) is 0 Å². The lowest BCUT2D eigenvalue weighted by Crippen LogP contribution is -2.38. The van der Waals surface area contributed by atoms with Crippen LogP contribution >= 0.6 is 0 Å². The van der Waals surface area contributed by atoms with Crippen LogP contribution in [-0.2, 0) is 0 Å². The number of nitrogens with one attached hydrogen (secondary N) is 1. The Bertz CT molecular complexity index is 360. The Morgan fingerprint density at radius 2 is 2.19 bits per heavy atom. The molecule has 0 aromatic carbocycles. The van der Waals surface area contributed by atoms with Crippen LogP contribution in [-0.4, -0.2) is 38.5 Å². The lowest BCUT2D eigenvalue weighted by Gasteiger charge is -2.27. The highest BCUT2D eigenvalue weighted by Gasteiger charge is 2.21. The van der Waals surface area contributed by atoms with Crippen molar-refractivity contribution in [2.45, 2.75) is 25.8 Å². The van der Waals surface area contributed by atoms with E-state index in [4.69, 9.17) is 5.11 Å². The van der Waals surface area contributed by atoms with Crippen molar-refractivity contribution >= 4 is 11.8 Å². The number of aromatic carboxylic acids is 1. The summed E-state index contributed by atoms with van der Waals surface area (Å²) < 4.78 is 0. The third-order valence-electron chi connectivity index (χ3n) is 2.44. The molecule has 0 fully saturated rings. The molecule has 16 heavy (non-hydrogen) atoms. The van der Waals surface area contributed by atoms with E-state index in [0.29, 0.717) is 12.2 Å². The summed E-state index contributed by atoms with van der Waals surface area (Å²) in [6.45, 7) is 3.74. The average Bonchev–Trinajstić information content (AvgIpc) is 2.29. The molecule has 1 atom stereocenters. The van der Waals surface area contributed by atoms with E-state index in [1.54, 1.807) is 0 Å². The van der Waals surface area contributed by atoms with Crippen LogP contribution in [0.1, 0.15) is 30.8 Å². The molecule has 0 aliphatic carbocycles. The molecule has 88 valence electrons. The predicted molar refractivity (Wildman–Crippen MR) is 58.4 cm³/mol. The summed E-state index contributed by atoms with van der Waals surface area (Å²) in [5.74, 6) is -0.664. The van der Waals surface area contributed by atoms with Crippen LogP contribution in [0.4, 0.5) is 5.82 Å². The highest BCUT2D eigenvalue weighted by molar-refractivity contribution is 5.85. The minimum absolute atomic E-state index is 0.0359. The summed E-state index contributed by atoms with van der Waals surface area (Å²) in [6, 6.07) is 2.89. The smallest absolute Gasteiger partial charge is 0.356 e. The lowest BCUT2D eigenvalue weighted by molar-refractivity contribution is 0.0689. The standard InChI is InChI=1S/C10H15N3O3/c1-3-10(2,6-14)11-8-5-4-7(9(15)16)12-13-8/h4-5,14H,3,6H2,1-2H3,(H,11,13)(H,15,16). The van der Waals surface area contributed by atoms with E-state index in [2.05, 4.69) is 15.5 Å². The molecule has 0 aliphatic rings. The van der Waals surface area contributed by atoms with Crippen molar-refractivity contribution in [3.05, 3.63) is 17.8 Å². The van der Waals surface area contributed by atoms with E-state index in [9.17, 15) is 9.90 Å². The van der Waals surface area contributed by atoms with Gasteiger partial charge in [-0.15, -0.1) is 10.2 Å². The largest absolute Gasteiger partial charge is 0.476 e. The lowest BCUT2D eigenvalue weighted by atomic mass is 10.0. The number of aliphatic hydroxyl groups is 1. The first-order valence-electron chi connectivity index (χ1n) is 4.97. The number of rotatable bonds is 5. The van der Waals surface area contributed by atoms with Crippen molar-refractivity contribution in [3.8, 4) is 0 Å². The van der Waals surface area contributed by atoms with E-state index in [1.807, 2.05) is 13.8 Å². The fourth-order valence-corrected chi connectivity index (χ4v) is 1.06. The van der Waals surface area contributed by atoms with Gasteiger partial charge in [0.05, 0.1) is 12.1 Å². The van der Waals surface area contributed by atoms with Crippen LogP contribution in [0, 0.1) is 0 Å². The monoisotopic (exact) mass is 225 g/mol. The third kappa shape index (κ3) is 2.90. The molecule has 3 N–H and O–H groups in total. The molecule has 6 nitrogen and oxygen atoms in total. The summed E-state index contributed by atoms with van der Waals surface area (Å²) in [4.78, 5) is 10.5. The first-order valence-corrected chi connectivity index (χ1v) is 4.97. The minimum atomic E-state index is -1.11. The summed E-state index contributed by atoms with van der Waals surface area (Å²) in [6.07, 6.45) is 0.714. The zero-order valence-electron chi connectivity index (χ0n) is 9.27. The van der Waals surface area contributed by atoms with E-state index in [-0.39, 0.29) is 12.3 Å². The van der Waals surface area contributed by atoms with Crippen LogP contribution in [0.15, 0.2) is 12.1 Å². The second-order valence-corrected chi connectivity index (χ2v) is 3.81. The summed E-state index contributed by atoms with van der Waals surface area (Å²) in [5, 5.41) is 28.1. The molecule has 1 aromatic heterocycles.